The minimum Gasteiger partial charge on any atom is -0.368 e. The van der Waals surface area contributed by atoms with Gasteiger partial charge < -0.3 is 11.5 Å². The summed E-state index contributed by atoms with van der Waals surface area (Å²) in [5.74, 6) is -0.502. The topological polar surface area (TPSA) is 107 Å². The van der Waals surface area contributed by atoms with E-state index in [0.29, 0.717) is 12.1 Å². The van der Waals surface area contributed by atoms with E-state index in [1.54, 1.807) is 12.1 Å². The fourth-order valence-electron chi connectivity index (χ4n) is 1.07. The number of primary amides is 1. The monoisotopic (exact) mass is 193 g/mol. The molecule has 0 aliphatic rings. The second kappa shape index (κ2) is 4.48. The summed E-state index contributed by atoms with van der Waals surface area (Å²) in [6.45, 7) is 0. The average molecular weight is 193 g/mol. The zero-order chi connectivity index (χ0) is 10.6. The fraction of sp³-hybridized carbons (Fsp3) is 0.222. The van der Waals surface area contributed by atoms with Gasteiger partial charge in [0.25, 0.3) is 0 Å². The Morgan fingerprint density at radius 1 is 1.43 bits per heavy atom. The summed E-state index contributed by atoms with van der Waals surface area (Å²) in [6.07, 6.45) is 0.431. The average Bonchev–Trinajstić information content (AvgIpc) is 2.19. The quantitative estimate of drug-likeness (QED) is 0.527. The van der Waals surface area contributed by atoms with Crippen molar-refractivity contribution in [2.24, 2.45) is 16.6 Å². The van der Waals surface area contributed by atoms with Crippen molar-refractivity contribution in [2.75, 3.05) is 0 Å². The van der Waals surface area contributed by atoms with Gasteiger partial charge in [-0.1, -0.05) is 12.1 Å². The molecule has 0 aliphatic heterocycles. The number of amides is 1. The number of carbonyl (C=O) groups excluding carboxylic acids is 1. The highest BCUT2D eigenvalue weighted by Crippen LogP contribution is 2.11. The van der Waals surface area contributed by atoms with Crippen molar-refractivity contribution in [2.45, 2.75) is 12.5 Å². The molecule has 1 atom stereocenters. The first-order valence-corrected chi connectivity index (χ1v) is 4.18. The van der Waals surface area contributed by atoms with Crippen LogP contribution in [0.2, 0.25) is 0 Å². The molecule has 0 heterocycles. The third-order valence-electron chi connectivity index (χ3n) is 1.91. The highest BCUT2D eigenvalue weighted by atomic mass is 16.1. The zero-order valence-electron chi connectivity index (χ0n) is 7.68. The summed E-state index contributed by atoms with van der Waals surface area (Å²) < 4.78 is 0. The molecule has 0 aliphatic carbocycles. The van der Waals surface area contributed by atoms with Crippen LogP contribution in [0.4, 0.5) is 5.69 Å². The van der Waals surface area contributed by atoms with Crippen LogP contribution in [0.1, 0.15) is 5.56 Å². The molecule has 1 unspecified atom stereocenters. The van der Waals surface area contributed by atoms with Gasteiger partial charge in [-0.2, -0.15) is 5.53 Å². The first-order chi connectivity index (χ1) is 6.63. The molecule has 6 N–H and O–H groups in total. The molecule has 0 aromatic heterocycles. The van der Waals surface area contributed by atoms with Gasteiger partial charge >= 0.3 is 0 Å². The minimum atomic E-state index is -0.643. The SMILES string of the molecule is NC(=O)C(N)Cc1ccc(N=[NH2+])cc1. The van der Waals surface area contributed by atoms with Crippen molar-refractivity contribution in [3.05, 3.63) is 29.8 Å². The molecule has 1 amide bonds. The van der Waals surface area contributed by atoms with Crippen molar-refractivity contribution >= 4 is 11.6 Å². The molecular weight excluding hydrogens is 180 g/mol. The van der Waals surface area contributed by atoms with E-state index in [2.05, 4.69) is 5.11 Å². The van der Waals surface area contributed by atoms with E-state index in [0.717, 1.165) is 5.56 Å². The van der Waals surface area contributed by atoms with Crippen molar-refractivity contribution < 1.29 is 10.3 Å². The van der Waals surface area contributed by atoms with Crippen LogP contribution in [0.25, 0.3) is 0 Å². The number of hydrogen-bond acceptors (Lipinski definition) is 3. The van der Waals surface area contributed by atoms with E-state index in [-0.39, 0.29) is 0 Å². The first kappa shape index (κ1) is 10.3. The van der Waals surface area contributed by atoms with Crippen LogP contribution < -0.4 is 17.0 Å². The van der Waals surface area contributed by atoms with Crippen molar-refractivity contribution in [3.8, 4) is 0 Å². The minimum absolute atomic E-state index is 0.431. The number of nitrogens with zero attached hydrogens (tertiary/aromatic N) is 1. The van der Waals surface area contributed by atoms with Crippen molar-refractivity contribution in [1.29, 1.82) is 0 Å². The van der Waals surface area contributed by atoms with Crippen molar-refractivity contribution in [1.82, 2.24) is 0 Å². The molecule has 74 valence electrons. The van der Waals surface area contributed by atoms with Gasteiger partial charge in [-0.05, 0) is 29.2 Å². The Bertz CT molecular complexity index is 333. The zero-order valence-corrected chi connectivity index (χ0v) is 7.68. The van der Waals surface area contributed by atoms with Crippen LogP contribution >= 0.6 is 0 Å². The normalized spacial score (nSPS) is 12.1. The number of carbonyl (C=O) groups is 1. The smallest absolute Gasteiger partial charge is 0.234 e. The highest BCUT2D eigenvalue weighted by molar-refractivity contribution is 5.79. The Kier molecular flexibility index (Phi) is 3.30. The highest BCUT2D eigenvalue weighted by Gasteiger charge is 2.09. The second-order valence-corrected chi connectivity index (χ2v) is 3.01. The summed E-state index contributed by atoms with van der Waals surface area (Å²) in [7, 11) is 0. The van der Waals surface area contributed by atoms with Crippen LogP contribution in [0.15, 0.2) is 29.4 Å². The van der Waals surface area contributed by atoms with Gasteiger partial charge in [-0.25, -0.2) is 0 Å². The van der Waals surface area contributed by atoms with Gasteiger partial charge in [0.2, 0.25) is 5.91 Å². The lowest BCUT2D eigenvalue weighted by molar-refractivity contribution is -0.210. The summed E-state index contributed by atoms with van der Waals surface area (Å²) in [4.78, 5) is 10.7. The lowest BCUT2D eigenvalue weighted by atomic mass is 10.1. The fourth-order valence-corrected chi connectivity index (χ4v) is 1.07. The van der Waals surface area contributed by atoms with Gasteiger partial charge in [0.1, 0.15) is 5.69 Å². The molecule has 5 heteroatoms. The summed E-state index contributed by atoms with van der Waals surface area (Å²) in [5.41, 5.74) is 17.2. The number of nitrogens with two attached hydrogens (primary N) is 3. The van der Waals surface area contributed by atoms with Crippen LogP contribution in [0.3, 0.4) is 0 Å². The van der Waals surface area contributed by atoms with E-state index in [4.69, 9.17) is 17.0 Å². The Morgan fingerprint density at radius 3 is 2.43 bits per heavy atom. The first-order valence-electron chi connectivity index (χ1n) is 4.18. The van der Waals surface area contributed by atoms with Crippen LogP contribution in [0.5, 0.6) is 0 Å². The Labute approximate surface area is 81.6 Å². The van der Waals surface area contributed by atoms with Gasteiger partial charge in [-0.3, -0.25) is 4.79 Å². The summed E-state index contributed by atoms with van der Waals surface area (Å²) in [6, 6.07) is 6.49. The predicted molar refractivity (Wildman–Crippen MR) is 51.3 cm³/mol. The number of benzene rings is 1. The van der Waals surface area contributed by atoms with E-state index in [9.17, 15) is 4.79 Å². The second-order valence-electron chi connectivity index (χ2n) is 3.01. The standard InChI is InChI=1S/C9H12N4O/c10-8(9(11)14)5-6-1-3-7(13-12)4-2-6/h1-4,8,12H,5,10H2,(H2,11,14)/p+1. The van der Waals surface area contributed by atoms with E-state index >= 15 is 0 Å². The molecule has 1 aromatic carbocycles. The van der Waals surface area contributed by atoms with Crippen molar-refractivity contribution in [3.63, 3.8) is 0 Å². The third kappa shape index (κ3) is 2.63. The third-order valence-corrected chi connectivity index (χ3v) is 1.91. The summed E-state index contributed by atoms with van der Waals surface area (Å²) in [5, 5.41) is 3.50. The van der Waals surface area contributed by atoms with Gasteiger partial charge in [0.15, 0.2) is 0 Å². The number of rotatable bonds is 4. The lowest BCUT2D eigenvalue weighted by Gasteiger charge is -2.06. The molecule has 0 fully saturated rings. The Hall–Kier alpha value is -1.75. The summed E-state index contributed by atoms with van der Waals surface area (Å²) >= 11 is 0. The molecule has 0 saturated carbocycles. The van der Waals surface area contributed by atoms with Gasteiger partial charge in [-0.15, -0.1) is 0 Å². The predicted octanol–water partition coefficient (Wildman–Crippen LogP) is -1.12. The maximum atomic E-state index is 10.7. The molecule has 0 saturated heterocycles. The van der Waals surface area contributed by atoms with Crippen LogP contribution in [0, 0.1) is 0 Å². The maximum Gasteiger partial charge on any atom is 0.234 e. The van der Waals surface area contributed by atoms with Crippen LogP contribution in [-0.4, -0.2) is 11.9 Å². The molecule has 14 heavy (non-hydrogen) atoms. The van der Waals surface area contributed by atoms with E-state index in [1.165, 1.54) is 0 Å². The molecule has 0 spiro atoms. The Balaban J connectivity index is 2.68. The molecule has 5 nitrogen and oxygen atoms in total. The maximum absolute atomic E-state index is 10.7. The van der Waals surface area contributed by atoms with Crippen LogP contribution in [-0.2, 0) is 11.2 Å². The van der Waals surface area contributed by atoms with Gasteiger partial charge in [0.05, 0.1) is 6.04 Å². The largest absolute Gasteiger partial charge is 0.368 e. The molecule has 0 radical (unpaired) electrons. The molecule has 1 aromatic rings. The molecule has 0 bridgehead atoms. The molecular formula is C9H13N4O+. The van der Waals surface area contributed by atoms with E-state index in [1.807, 2.05) is 12.1 Å². The van der Waals surface area contributed by atoms with Gasteiger partial charge in [0, 0.05) is 0 Å². The lowest BCUT2D eigenvalue weighted by Crippen LogP contribution is -2.38. The Morgan fingerprint density at radius 2 is 2.00 bits per heavy atom. The number of hydrogen-bond donors (Lipinski definition) is 3. The van der Waals surface area contributed by atoms with E-state index < -0.39 is 11.9 Å². The molecule has 1 rings (SSSR count).